The number of nitrogens with zero attached hydrogens (tertiary/aromatic N) is 3. The molecule has 10 heteroatoms. The molecule has 2 fully saturated rings. The van der Waals surface area contributed by atoms with Crippen molar-refractivity contribution in [3.05, 3.63) is 29.6 Å². The van der Waals surface area contributed by atoms with Crippen LogP contribution in [-0.4, -0.2) is 33.9 Å². The number of fused-ring (bicyclic) bond motifs is 2. The third-order valence-electron chi connectivity index (χ3n) is 5.59. The lowest BCUT2D eigenvalue weighted by Crippen LogP contribution is -2.45. The lowest BCUT2D eigenvalue weighted by Gasteiger charge is -2.30. The summed E-state index contributed by atoms with van der Waals surface area (Å²) >= 11 is 0. The van der Waals surface area contributed by atoms with E-state index in [9.17, 15) is 17.6 Å². The molecule has 29 heavy (non-hydrogen) atoms. The Kier molecular flexibility index (Phi) is 5.14. The van der Waals surface area contributed by atoms with Crippen molar-refractivity contribution >= 4 is 5.95 Å². The smallest absolute Gasteiger partial charge is 0.419 e. The number of benzene rings is 1. The van der Waals surface area contributed by atoms with E-state index in [0.717, 1.165) is 38.1 Å². The van der Waals surface area contributed by atoms with Crippen molar-refractivity contribution in [2.75, 3.05) is 18.4 Å². The summed E-state index contributed by atoms with van der Waals surface area (Å²) in [5.74, 6) is -0.716. The zero-order chi connectivity index (χ0) is 20.8. The summed E-state index contributed by atoms with van der Waals surface area (Å²) in [6.07, 6.45) is -2.56. The molecule has 6 nitrogen and oxygen atoms in total. The molecule has 2 N–H and O–H groups in total. The van der Waals surface area contributed by atoms with E-state index in [1.165, 1.54) is 4.68 Å². The monoisotopic (exact) mass is 413 g/mol. The van der Waals surface area contributed by atoms with Gasteiger partial charge in [-0.3, -0.25) is 0 Å². The first kappa shape index (κ1) is 19.9. The van der Waals surface area contributed by atoms with Gasteiger partial charge in [0.2, 0.25) is 5.95 Å². The van der Waals surface area contributed by atoms with Gasteiger partial charge in [0.15, 0.2) is 11.6 Å². The number of rotatable bonds is 5. The van der Waals surface area contributed by atoms with E-state index >= 15 is 0 Å². The normalized spacial score (nSPS) is 24.2. The summed E-state index contributed by atoms with van der Waals surface area (Å²) < 4.78 is 60.2. The Morgan fingerprint density at radius 2 is 1.90 bits per heavy atom. The molecule has 1 aromatic carbocycles. The van der Waals surface area contributed by atoms with Crippen LogP contribution >= 0.6 is 0 Å². The van der Waals surface area contributed by atoms with Gasteiger partial charge in [0.25, 0.3) is 0 Å². The Morgan fingerprint density at radius 3 is 2.52 bits per heavy atom. The molecule has 2 heterocycles. The SMILES string of the molecule is CC(C)n1nc(NC2[C@@H]3CC[C@H]2CNC3)nc1Oc1cccc(C(F)(F)F)c1F. The largest absolute Gasteiger partial charge is 0.421 e. The number of hydrogen-bond donors (Lipinski definition) is 2. The molecule has 1 aliphatic heterocycles. The van der Waals surface area contributed by atoms with Crippen molar-refractivity contribution in [1.82, 2.24) is 20.1 Å². The van der Waals surface area contributed by atoms with E-state index in [2.05, 4.69) is 20.7 Å². The van der Waals surface area contributed by atoms with Gasteiger partial charge in [-0.15, -0.1) is 5.10 Å². The summed E-state index contributed by atoms with van der Waals surface area (Å²) in [5.41, 5.74) is -1.38. The van der Waals surface area contributed by atoms with Gasteiger partial charge in [-0.05, 0) is 63.7 Å². The molecule has 1 saturated carbocycles. The van der Waals surface area contributed by atoms with E-state index in [-0.39, 0.29) is 18.1 Å². The quantitative estimate of drug-likeness (QED) is 0.719. The first-order chi connectivity index (χ1) is 13.7. The van der Waals surface area contributed by atoms with Crippen LogP contribution in [0.5, 0.6) is 11.8 Å². The third kappa shape index (κ3) is 3.90. The Labute approximate surface area is 165 Å². The van der Waals surface area contributed by atoms with Crippen molar-refractivity contribution in [1.29, 1.82) is 0 Å². The van der Waals surface area contributed by atoms with Crippen molar-refractivity contribution < 1.29 is 22.3 Å². The molecule has 0 spiro atoms. The van der Waals surface area contributed by atoms with E-state index in [1.54, 1.807) is 0 Å². The highest BCUT2D eigenvalue weighted by molar-refractivity contribution is 5.36. The second-order valence-electron chi connectivity index (χ2n) is 7.90. The Morgan fingerprint density at radius 1 is 1.21 bits per heavy atom. The van der Waals surface area contributed by atoms with Gasteiger partial charge in [0.1, 0.15) is 0 Å². The fraction of sp³-hybridized carbons (Fsp3) is 0.579. The molecular formula is C19H23F4N5O. The molecule has 158 valence electrons. The average molecular weight is 413 g/mol. The maximum atomic E-state index is 14.4. The molecule has 0 radical (unpaired) electrons. The number of anilines is 1. The molecule has 1 unspecified atom stereocenters. The molecule has 1 saturated heterocycles. The number of ether oxygens (including phenoxy) is 1. The van der Waals surface area contributed by atoms with Crippen molar-refractivity contribution in [3.63, 3.8) is 0 Å². The topological polar surface area (TPSA) is 64.0 Å². The average Bonchev–Trinajstić information content (AvgIpc) is 3.12. The van der Waals surface area contributed by atoms with Crippen LogP contribution in [-0.2, 0) is 6.18 Å². The van der Waals surface area contributed by atoms with Crippen LogP contribution in [0.4, 0.5) is 23.5 Å². The summed E-state index contributed by atoms with van der Waals surface area (Å²) in [4.78, 5) is 4.30. The number of halogens is 4. The van der Waals surface area contributed by atoms with E-state index in [1.807, 2.05) is 13.8 Å². The molecule has 2 aliphatic rings. The summed E-state index contributed by atoms with van der Waals surface area (Å²) in [5, 5.41) is 11.2. The minimum absolute atomic E-state index is 0.0537. The van der Waals surface area contributed by atoms with Crippen LogP contribution in [0.2, 0.25) is 0 Å². The third-order valence-corrected chi connectivity index (χ3v) is 5.59. The maximum Gasteiger partial charge on any atom is 0.419 e. The van der Waals surface area contributed by atoms with E-state index in [0.29, 0.717) is 23.9 Å². The summed E-state index contributed by atoms with van der Waals surface area (Å²) in [6, 6.07) is 2.92. The van der Waals surface area contributed by atoms with Crippen LogP contribution in [0, 0.1) is 17.7 Å². The first-order valence-electron chi connectivity index (χ1n) is 9.71. The standard InChI is InChI=1S/C19H23F4N5O/c1-10(2)28-18(29-14-5-3-4-13(15(14)20)19(21,22)23)26-17(27-28)25-16-11-6-7-12(16)9-24-8-11/h3-5,10-12,16,24H,6-9H2,1-2H3,(H,25,27)/t11-,12+,16?. The summed E-state index contributed by atoms with van der Waals surface area (Å²) in [6.45, 7) is 5.53. The highest BCUT2D eigenvalue weighted by Crippen LogP contribution is 2.38. The lowest BCUT2D eigenvalue weighted by molar-refractivity contribution is -0.140. The van der Waals surface area contributed by atoms with Crippen LogP contribution in [0.3, 0.4) is 0 Å². The second kappa shape index (κ2) is 7.47. The molecule has 3 atom stereocenters. The van der Waals surface area contributed by atoms with Crippen LogP contribution in [0.1, 0.15) is 38.3 Å². The fourth-order valence-electron chi connectivity index (χ4n) is 4.15. The molecule has 1 aliphatic carbocycles. The van der Waals surface area contributed by atoms with Crippen LogP contribution in [0.15, 0.2) is 18.2 Å². The molecule has 2 aromatic rings. The Bertz CT molecular complexity index is 866. The van der Waals surface area contributed by atoms with Gasteiger partial charge >= 0.3 is 12.2 Å². The van der Waals surface area contributed by atoms with Crippen LogP contribution < -0.4 is 15.4 Å². The maximum absolute atomic E-state index is 14.4. The van der Waals surface area contributed by atoms with E-state index in [4.69, 9.17) is 4.74 Å². The van der Waals surface area contributed by atoms with Crippen molar-refractivity contribution in [2.45, 2.75) is 44.9 Å². The second-order valence-corrected chi connectivity index (χ2v) is 7.90. The van der Waals surface area contributed by atoms with Crippen molar-refractivity contribution in [2.24, 2.45) is 11.8 Å². The number of alkyl halides is 3. The highest BCUT2D eigenvalue weighted by atomic mass is 19.4. The lowest BCUT2D eigenvalue weighted by atomic mass is 9.94. The molecular weight excluding hydrogens is 390 g/mol. The molecule has 0 amide bonds. The summed E-state index contributed by atoms with van der Waals surface area (Å²) in [7, 11) is 0. The minimum Gasteiger partial charge on any atom is -0.421 e. The zero-order valence-electron chi connectivity index (χ0n) is 16.1. The Balaban J connectivity index is 1.60. The molecule has 4 rings (SSSR count). The van der Waals surface area contributed by atoms with E-state index < -0.39 is 23.3 Å². The van der Waals surface area contributed by atoms with Gasteiger partial charge in [-0.2, -0.15) is 18.2 Å². The van der Waals surface area contributed by atoms with Gasteiger partial charge in [-0.1, -0.05) is 6.07 Å². The first-order valence-corrected chi connectivity index (χ1v) is 9.71. The van der Waals surface area contributed by atoms with Gasteiger partial charge in [0.05, 0.1) is 11.6 Å². The van der Waals surface area contributed by atoms with Gasteiger partial charge < -0.3 is 15.4 Å². The minimum atomic E-state index is -4.81. The number of aromatic nitrogens is 3. The highest BCUT2D eigenvalue weighted by Gasteiger charge is 2.40. The fourth-order valence-corrected chi connectivity index (χ4v) is 4.15. The molecule has 2 bridgehead atoms. The predicted octanol–water partition coefficient (Wildman–Crippen LogP) is 4.22. The van der Waals surface area contributed by atoms with Crippen LogP contribution in [0.25, 0.3) is 0 Å². The number of hydrogen-bond acceptors (Lipinski definition) is 5. The van der Waals surface area contributed by atoms with Gasteiger partial charge in [-0.25, -0.2) is 9.07 Å². The zero-order valence-corrected chi connectivity index (χ0v) is 16.1. The predicted molar refractivity (Wildman–Crippen MR) is 98.4 cm³/mol. The number of piperidine rings is 1. The van der Waals surface area contributed by atoms with Crippen molar-refractivity contribution in [3.8, 4) is 11.8 Å². The molecule has 1 aromatic heterocycles. The van der Waals surface area contributed by atoms with Gasteiger partial charge in [0, 0.05) is 6.04 Å². The number of nitrogens with one attached hydrogen (secondary N) is 2. The Hall–Kier alpha value is -2.36.